The third-order valence-corrected chi connectivity index (χ3v) is 6.71. The molecular formula is C20H36ClN3O2. The molecule has 5 nitrogen and oxygen atoms in total. The van der Waals surface area contributed by atoms with Crippen molar-refractivity contribution < 1.29 is 9.59 Å². The summed E-state index contributed by atoms with van der Waals surface area (Å²) in [6.07, 6.45) is 9.44. The SMILES string of the molecule is CC1NCCN(C(=O)C2CCC(NC(=O)CC3CCCC3)CC2)C1C.Cl. The smallest absolute Gasteiger partial charge is 0.226 e. The molecular weight excluding hydrogens is 350 g/mol. The quantitative estimate of drug-likeness (QED) is 0.782. The standard InChI is InChI=1S/C20H35N3O2.ClH/c1-14-15(2)23(12-11-21-14)20(25)17-7-9-18(10-8-17)22-19(24)13-16-5-3-4-6-16;/h14-18,21H,3-13H2,1-2H3,(H,22,24);1H. The summed E-state index contributed by atoms with van der Waals surface area (Å²) in [5.74, 6) is 1.31. The number of hydrogen-bond donors (Lipinski definition) is 2. The van der Waals surface area contributed by atoms with Crippen molar-refractivity contribution in [2.75, 3.05) is 13.1 Å². The van der Waals surface area contributed by atoms with Gasteiger partial charge >= 0.3 is 0 Å². The van der Waals surface area contributed by atoms with Crippen LogP contribution in [0.3, 0.4) is 0 Å². The van der Waals surface area contributed by atoms with Crippen LogP contribution < -0.4 is 10.6 Å². The molecule has 1 heterocycles. The minimum absolute atomic E-state index is 0. The lowest BCUT2D eigenvalue weighted by Gasteiger charge is -2.41. The summed E-state index contributed by atoms with van der Waals surface area (Å²) >= 11 is 0. The molecule has 6 heteroatoms. The first-order chi connectivity index (χ1) is 12.0. The molecule has 2 saturated carbocycles. The van der Waals surface area contributed by atoms with E-state index in [2.05, 4.69) is 29.4 Å². The Kier molecular flexibility index (Phi) is 8.21. The summed E-state index contributed by atoms with van der Waals surface area (Å²) in [6, 6.07) is 0.909. The number of nitrogens with one attached hydrogen (secondary N) is 2. The Morgan fingerprint density at radius 3 is 2.35 bits per heavy atom. The highest BCUT2D eigenvalue weighted by Gasteiger charge is 2.34. The van der Waals surface area contributed by atoms with Gasteiger partial charge in [0.05, 0.1) is 0 Å². The highest BCUT2D eigenvalue weighted by atomic mass is 35.5. The molecule has 0 bridgehead atoms. The molecule has 2 atom stereocenters. The van der Waals surface area contributed by atoms with E-state index in [1.165, 1.54) is 25.7 Å². The molecule has 0 aromatic rings. The van der Waals surface area contributed by atoms with Crippen molar-refractivity contribution in [1.29, 1.82) is 0 Å². The van der Waals surface area contributed by atoms with Crippen LogP contribution in [0.1, 0.15) is 71.6 Å². The van der Waals surface area contributed by atoms with Gasteiger partial charge in [-0.25, -0.2) is 0 Å². The maximum absolute atomic E-state index is 12.9. The van der Waals surface area contributed by atoms with Gasteiger partial charge in [-0.15, -0.1) is 12.4 Å². The molecule has 3 aliphatic rings. The summed E-state index contributed by atoms with van der Waals surface area (Å²) in [4.78, 5) is 27.2. The van der Waals surface area contributed by atoms with Gasteiger partial charge in [-0.2, -0.15) is 0 Å². The third-order valence-electron chi connectivity index (χ3n) is 6.71. The molecule has 0 aromatic heterocycles. The van der Waals surface area contributed by atoms with E-state index < -0.39 is 0 Å². The molecule has 0 spiro atoms. The minimum atomic E-state index is 0. The second-order valence-electron chi connectivity index (χ2n) is 8.49. The first-order valence-electron chi connectivity index (χ1n) is 10.4. The molecule has 150 valence electrons. The third kappa shape index (κ3) is 5.35. The van der Waals surface area contributed by atoms with Crippen molar-refractivity contribution in [3.05, 3.63) is 0 Å². The van der Waals surface area contributed by atoms with Crippen LogP contribution in [0.2, 0.25) is 0 Å². The van der Waals surface area contributed by atoms with Crippen molar-refractivity contribution in [1.82, 2.24) is 15.5 Å². The molecule has 2 amide bonds. The summed E-state index contributed by atoms with van der Waals surface area (Å²) in [5, 5.41) is 6.66. The maximum Gasteiger partial charge on any atom is 0.226 e. The number of amides is 2. The van der Waals surface area contributed by atoms with Crippen molar-refractivity contribution in [2.24, 2.45) is 11.8 Å². The van der Waals surface area contributed by atoms with Crippen LogP contribution in [0.15, 0.2) is 0 Å². The molecule has 2 N–H and O–H groups in total. The van der Waals surface area contributed by atoms with Gasteiger partial charge in [0, 0.05) is 43.6 Å². The predicted molar refractivity (Wildman–Crippen MR) is 106 cm³/mol. The molecule has 1 aliphatic heterocycles. The molecule has 1 saturated heterocycles. The van der Waals surface area contributed by atoms with E-state index in [1.807, 2.05) is 0 Å². The summed E-state index contributed by atoms with van der Waals surface area (Å²) in [6.45, 7) is 6.01. The van der Waals surface area contributed by atoms with E-state index in [0.29, 0.717) is 24.3 Å². The van der Waals surface area contributed by atoms with Crippen LogP contribution in [-0.4, -0.2) is 47.9 Å². The lowest BCUT2D eigenvalue weighted by atomic mass is 9.84. The second-order valence-corrected chi connectivity index (χ2v) is 8.49. The Morgan fingerprint density at radius 2 is 1.69 bits per heavy atom. The van der Waals surface area contributed by atoms with Gasteiger partial charge in [0.15, 0.2) is 0 Å². The number of nitrogens with zero attached hydrogens (tertiary/aromatic N) is 1. The highest BCUT2D eigenvalue weighted by molar-refractivity contribution is 5.85. The molecule has 0 radical (unpaired) electrons. The fourth-order valence-corrected chi connectivity index (χ4v) is 4.85. The van der Waals surface area contributed by atoms with Crippen LogP contribution in [0.4, 0.5) is 0 Å². The summed E-state index contributed by atoms with van der Waals surface area (Å²) in [5.41, 5.74) is 0. The van der Waals surface area contributed by atoms with Crippen molar-refractivity contribution in [3.8, 4) is 0 Å². The summed E-state index contributed by atoms with van der Waals surface area (Å²) in [7, 11) is 0. The average molecular weight is 386 g/mol. The first kappa shape index (κ1) is 21.5. The van der Waals surface area contributed by atoms with Gasteiger partial charge < -0.3 is 15.5 Å². The normalized spacial score (nSPS) is 32.8. The van der Waals surface area contributed by atoms with Crippen LogP contribution in [0.25, 0.3) is 0 Å². The minimum Gasteiger partial charge on any atom is -0.353 e. The van der Waals surface area contributed by atoms with Gasteiger partial charge in [-0.05, 0) is 58.3 Å². The summed E-state index contributed by atoms with van der Waals surface area (Å²) < 4.78 is 0. The molecule has 2 aliphatic carbocycles. The molecule has 26 heavy (non-hydrogen) atoms. The van der Waals surface area contributed by atoms with Gasteiger partial charge in [-0.1, -0.05) is 12.8 Å². The topological polar surface area (TPSA) is 61.4 Å². The first-order valence-corrected chi connectivity index (χ1v) is 10.4. The Labute approximate surface area is 164 Å². The Morgan fingerprint density at radius 1 is 1.04 bits per heavy atom. The number of hydrogen-bond acceptors (Lipinski definition) is 3. The largest absolute Gasteiger partial charge is 0.353 e. The zero-order valence-corrected chi connectivity index (χ0v) is 17.2. The van der Waals surface area contributed by atoms with Crippen molar-refractivity contribution >= 4 is 24.2 Å². The fourth-order valence-electron chi connectivity index (χ4n) is 4.85. The predicted octanol–water partition coefficient (Wildman–Crippen LogP) is 2.87. The van der Waals surface area contributed by atoms with E-state index >= 15 is 0 Å². The van der Waals surface area contributed by atoms with Gasteiger partial charge in [-0.3, -0.25) is 9.59 Å². The monoisotopic (exact) mass is 385 g/mol. The molecule has 3 fully saturated rings. The van der Waals surface area contributed by atoms with Crippen LogP contribution in [-0.2, 0) is 9.59 Å². The van der Waals surface area contributed by atoms with Gasteiger partial charge in [0.25, 0.3) is 0 Å². The van der Waals surface area contributed by atoms with E-state index in [1.54, 1.807) is 0 Å². The Balaban J connectivity index is 0.00000243. The van der Waals surface area contributed by atoms with Gasteiger partial charge in [0.2, 0.25) is 11.8 Å². The molecule has 0 aromatic carbocycles. The molecule has 2 unspecified atom stereocenters. The molecule has 3 rings (SSSR count). The van der Waals surface area contributed by atoms with Crippen molar-refractivity contribution in [2.45, 2.75) is 89.8 Å². The number of halogens is 1. The number of piperazine rings is 1. The Bertz CT molecular complexity index is 474. The number of carbonyl (C=O) groups is 2. The zero-order chi connectivity index (χ0) is 17.8. The van der Waals surface area contributed by atoms with Crippen LogP contribution in [0, 0.1) is 11.8 Å². The number of rotatable bonds is 4. The second kappa shape index (κ2) is 9.93. The maximum atomic E-state index is 12.9. The average Bonchev–Trinajstić information content (AvgIpc) is 3.10. The van der Waals surface area contributed by atoms with E-state index in [-0.39, 0.29) is 36.3 Å². The van der Waals surface area contributed by atoms with E-state index in [4.69, 9.17) is 0 Å². The number of carbonyl (C=O) groups excluding carboxylic acids is 2. The van der Waals surface area contributed by atoms with Crippen LogP contribution >= 0.6 is 12.4 Å². The van der Waals surface area contributed by atoms with E-state index in [9.17, 15) is 9.59 Å². The van der Waals surface area contributed by atoms with Crippen molar-refractivity contribution in [3.63, 3.8) is 0 Å². The lowest BCUT2D eigenvalue weighted by Crippen LogP contribution is -2.58. The zero-order valence-electron chi connectivity index (χ0n) is 16.3. The highest BCUT2D eigenvalue weighted by Crippen LogP contribution is 2.29. The Hall–Kier alpha value is -0.810. The lowest BCUT2D eigenvalue weighted by molar-refractivity contribution is -0.140. The fraction of sp³-hybridized carbons (Fsp3) is 0.900. The van der Waals surface area contributed by atoms with E-state index in [0.717, 1.165) is 38.8 Å². The van der Waals surface area contributed by atoms with Gasteiger partial charge in [0.1, 0.15) is 0 Å². The van der Waals surface area contributed by atoms with Crippen LogP contribution in [0.5, 0.6) is 0 Å².